The van der Waals surface area contributed by atoms with E-state index in [1.807, 2.05) is 32.9 Å². The van der Waals surface area contributed by atoms with Crippen molar-refractivity contribution in [1.29, 1.82) is 0 Å². The summed E-state index contributed by atoms with van der Waals surface area (Å²) in [6.45, 7) is 6.08. The Balaban J connectivity index is 1.79. The molecule has 0 bridgehead atoms. The first-order chi connectivity index (χ1) is 17.8. The maximum atomic E-state index is 13.9. The molecule has 192 valence electrons. The molecule has 1 aromatic heterocycles. The van der Waals surface area contributed by atoms with Crippen LogP contribution in [-0.2, 0) is 6.54 Å². The summed E-state index contributed by atoms with van der Waals surface area (Å²) in [5, 5.41) is 5.31. The zero-order chi connectivity index (χ0) is 26.5. The monoisotopic (exact) mass is 521 g/mol. The molecule has 4 rings (SSSR count). The van der Waals surface area contributed by atoms with E-state index in [2.05, 4.69) is 0 Å². The number of carbonyl (C=O) groups is 1. The highest BCUT2D eigenvalue weighted by Gasteiger charge is 2.27. The van der Waals surface area contributed by atoms with Crippen molar-refractivity contribution in [2.75, 3.05) is 7.11 Å². The fraction of sp³-hybridized carbons (Fsp3) is 0.241. The Hall–Kier alpha value is -3.84. The molecule has 0 radical (unpaired) electrons. The topological polar surface area (TPSA) is 56.6 Å². The fourth-order valence-electron chi connectivity index (χ4n) is 3.97. The van der Waals surface area contributed by atoms with Gasteiger partial charge in [0.15, 0.2) is 0 Å². The van der Waals surface area contributed by atoms with Crippen LogP contribution in [0.4, 0.5) is 4.39 Å². The molecule has 0 aliphatic carbocycles. The van der Waals surface area contributed by atoms with Gasteiger partial charge < -0.3 is 14.4 Å². The highest BCUT2D eigenvalue weighted by atomic mass is 35.5. The Labute approximate surface area is 221 Å². The zero-order valence-corrected chi connectivity index (χ0v) is 22.0. The molecule has 0 fully saturated rings. The second-order valence-electron chi connectivity index (χ2n) is 8.74. The predicted molar refractivity (Wildman–Crippen MR) is 142 cm³/mol. The second kappa shape index (κ2) is 11.5. The van der Waals surface area contributed by atoms with Gasteiger partial charge in [0.25, 0.3) is 5.91 Å². The number of nitrogens with zero attached hydrogens (tertiary/aromatic N) is 3. The number of hydrogen-bond acceptors (Lipinski definition) is 4. The van der Waals surface area contributed by atoms with Crippen LogP contribution >= 0.6 is 11.6 Å². The summed E-state index contributed by atoms with van der Waals surface area (Å²) in [5.74, 6) is 1.03. The van der Waals surface area contributed by atoms with Gasteiger partial charge in [-0.05, 0) is 80.9 Å². The summed E-state index contributed by atoms with van der Waals surface area (Å²) >= 11 is 6.27. The third kappa shape index (κ3) is 5.94. The molecule has 0 aliphatic rings. The van der Waals surface area contributed by atoms with E-state index in [4.69, 9.17) is 26.2 Å². The molecule has 1 amide bonds. The zero-order valence-electron chi connectivity index (χ0n) is 21.2. The van der Waals surface area contributed by atoms with Crippen molar-refractivity contribution in [1.82, 2.24) is 14.7 Å². The summed E-state index contributed by atoms with van der Waals surface area (Å²) in [6.07, 6.45) is 0.719. The number of hydrogen-bond donors (Lipinski definition) is 0. The Kier molecular flexibility index (Phi) is 8.14. The predicted octanol–water partition coefficient (Wildman–Crippen LogP) is 7.22. The normalized spacial score (nSPS) is 11.7. The highest BCUT2D eigenvalue weighted by Crippen LogP contribution is 2.33. The van der Waals surface area contributed by atoms with Crippen LogP contribution < -0.4 is 9.47 Å². The number of ether oxygens (including phenoxy) is 2. The lowest BCUT2D eigenvalue weighted by Crippen LogP contribution is -2.38. The lowest BCUT2D eigenvalue weighted by molar-refractivity contribution is 0.0669. The van der Waals surface area contributed by atoms with Crippen LogP contribution in [0.15, 0.2) is 72.8 Å². The van der Waals surface area contributed by atoms with Gasteiger partial charge in [-0.2, -0.15) is 5.10 Å². The van der Waals surface area contributed by atoms with Gasteiger partial charge in [-0.15, -0.1) is 0 Å². The molecule has 0 saturated carbocycles. The molecular weight excluding hydrogens is 493 g/mol. The second-order valence-corrected chi connectivity index (χ2v) is 9.18. The molecule has 6 nitrogen and oxygen atoms in total. The molecule has 0 N–H and O–H groups in total. The third-order valence-corrected chi connectivity index (χ3v) is 6.48. The number of aromatic nitrogens is 2. The largest absolute Gasteiger partial charge is 0.497 e. The minimum Gasteiger partial charge on any atom is -0.497 e. The molecular formula is C29H29ClFN3O3. The van der Waals surface area contributed by atoms with Crippen molar-refractivity contribution in [3.05, 3.63) is 100 Å². The summed E-state index contributed by atoms with van der Waals surface area (Å²) in [4.78, 5) is 15.3. The van der Waals surface area contributed by atoms with Gasteiger partial charge in [0, 0.05) is 16.6 Å². The average Bonchev–Trinajstić information content (AvgIpc) is 3.21. The quantitative estimate of drug-likeness (QED) is 0.233. The number of aryl methyl sites for hydroxylation is 1. The molecule has 3 aromatic carbocycles. The fourth-order valence-corrected chi connectivity index (χ4v) is 4.15. The van der Waals surface area contributed by atoms with E-state index in [0.29, 0.717) is 28.1 Å². The van der Waals surface area contributed by atoms with E-state index < -0.39 is 5.82 Å². The molecule has 1 atom stereocenters. The van der Waals surface area contributed by atoms with Crippen LogP contribution in [0.1, 0.15) is 41.9 Å². The van der Waals surface area contributed by atoms with Gasteiger partial charge in [0.05, 0.1) is 30.6 Å². The van der Waals surface area contributed by atoms with Crippen LogP contribution in [-0.4, -0.2) is 33.7 Å². The van der Waals surface area contributed by atoms with Crippen molar-refractivity contribution >= 4 is 17.5 Å². The maximum absolute atomic E-state index is 13.9. The summed E-state index contributed by atoms with van der Waals surface area (Å²) in [6, 6.07) is 20.2. The van der Waals surface area contributed by atoms with Crippen molar-refractivity contribution < 1.29 is 18.7 Å². The number of halogens is 2. The van der Waals surface area contributed by atoms with Crippen LogP contribution in [0, 0.1) is 12.7 Å². The molecule has 0 aliphatic heterocycles. The van der Waals surface area contributed by atoms with Crippen LogP contribution in [0.25, 0.3) is 5.69 Å². The minimum atomic E-state index is -0.455. The first-order valence-electron chi connectivity index (χ1n) is 12.0. The summed E-state index contributed by atoms with van der Waals surface area (Å²) in [5.41, 5.74) is 2.44. The van der Waals surface area contributed by atoms with E-state index in [9.17, 15) is 9.18 Å². The van der Waals surface area contributed by atoms with Crippen LogP contribution in [0.3, 0.4) is 0 Å². The first kappa shape index (κ1) is 26.2. The first-order valence-corrected chi connectivity index (χ1v) is 12.4. The van der Waals surface area contributed by atoms with Crippen LogP contribution in [0.5, 0.6) is 17.4 Å². The standard InChI is InChI=1S/C29H29ClFN3O3/c1-5-19(2)33(28(35)21-8-6-10-23(31)16-21)18-27-20(3)32-34(24-11-7-9-22(30)17-24)29(27)37-26-14-12-25(36-4)13-15-26/h6-17,19H,5,18H2,1-4H3. The van der Waals surface area contributed by atoms with Crippen LogP contribution in [0.2, 0.25) is 5.02 Å². The molecule has 0 saturated heterocycles. The van der Waals surface area contributed by atoms with Gasteiger partial charge in [-0.3, -0.25) is 4.79 Å². The molecule has 0 spiro atoms. The van der Waals surface area contributed by atoms with Crippen molar-refractivity contribution in [3.8, 4) is 23.1 Å². The number of carbonyl (C=O) groups excluding carboxylic acids is 1. The Morgan fingerprint density at radius 3 is 2.43 bits per heavy atom. The number of rotatable bonds is 9. The lowest BCUT2D eigenvalue weighted by Gasteiger charge is -2.29. The van der Waals surface area contributed by atoms with E-state index >= 15 is 0 Å². The van der Waals surface area contributed by atoms with E-state index in [1.54, 1.807) is 59.2 Å². The van der Waals surface area contributed by atoms with Gasteiger partial charge in [-0.25, -0.2) is 9.07 Å². The van der Waals surface area contributed by atoms with Gasteiger partial charge in [0.2, 0.25) is 5.88 Å². The lowest BCUT2D eigenvalue weighted by atomic mass is 10.1. The number of methoxy groups -OCH3 is 1. The smallest absolute Gasteiger partial charge is 0.254 e. The Morgan fingerprint density at radius 2 is 1.78 bits per heavy atom. The highest BCUT2D eigenvalue weighted by molar-refractivity contribution is 6.30. The number of benzene rings is 3. The molecule has 4 aromatic rings. The minimum absolute atomic E-state index is 0.112. The van der Waals surface area contributed by atoms with E-state index in [1.165, 1.54) is 18.2 Å². The third-order valence-electron chi connectivity index (χ3n) is 6.25. The molecule has 1 heterocycles. The van der Waals surface area contributed by atoms with Crippen molar-refractivity contribution in [2.24, 2.45) is 0 Å². The van der Waals surface area contributed by atoms with E-state index in [-0.39, 0.29) is 24.1 Å². The molecule has 1 unspecified atom stereocenters. The summed E-state index contributed by atoms with van der Waals surface area (Å²) < 4.78 is 27.2. The SMILES string of the molecule is CCC(C)N(Cc1c(C)nn(-c2cccc(Cl)c2)c1Oc1ccc(OC)cc1)C(=O)c1cccc(F)c1. The molecule has 37 heavy (non-hydrogen) atoms. The summed E-state index contributed by atoms with van der Waals surface area (Å²) in [7, 11) is 1.60. The Morgan fingerprint density at radius 1 is 1.08 bits per heavy atom. The average molecular weight is 522 g/mol. The molecule has 8 heteroatoms. The number of amides is 1. The van der Waals surface area contributed by atoms with Crippen molar-refractivity contribution in [2.45, 2.75) is 39.8 Å². The van der Waals surface area contributed by atoms with Crippen molar-refractivity contribution in [3.63, 3.8) is 0 Å². The van der Waals surface area contributed by atoms with Gasteiger partial charge in [0.1, 0.15) is 17.3 Å². The maximum Gasteiger partial charge on any atom is 0.254 e. The Bertz CT molecular complexity index is 1390. The van der Waals surface area contributed by atoms with Gasteiger partial charge in [-0.1, -0.05) is 30.7 Å². The van der Waals surface area contributed by atoms with E-state index in [0.717, 1.165) is 17.7 Å². The van der Waals surface area contributed by atoms with Gasteiger partial charge >= 0.3 is 0 Å².